The van der Waals surface area contributed by atoms with Crippen LogP contribution in [0.2, 0.25) is 0 Å². The van der Waals surface area contributed by atoms with E-state index in [0.717, 1.165) is 4.90 Å². The fourth-order valence-corrected chi connectivity index (χ4v) is 2.66. The van der Waals surface area contributed by atoms with Gasteiger partial charge in [-0.2, -0.15) is 18.3 Å². The standard InChI is InChI=1S/C17H17F7N4O2/c1-3-27(13-10-28(26-11(13)2)12-5-4-8-25-9-12)14(29)6-7-15(18,16(19,20)21)30-17(22,23)24/h4-5,8-10H,3,6-7H2,1-2H3. The minimum atomic E-state index is -5.99. The first-order valence-corrected chi connectivity index (χ1v) is 8.57. The number of alkyl halides is 7. The summed E-state index contributed by atoms with van der Waals surface area (Å²) >= 11 is 0. The third-order valence-corrected chi connectivity index (χ3v) is 4.05. The number of carbonyl (C=O) groups is 1. The smallest absolute Gasteiger partial charge is 0.310 e. The van der Waals surface area contributed by atoms with Crippen LogP contribution in [-0.4, -0.2) is 45.6 Å². The van der Waals surface area contributed by atoms with Crippen LogP contribution in [0.5, 0.6) is 0 Å². The van der Waals surface area contributed by atoms with Crippen molar-refractivity contribution in [1.82, 2.24) is 14.8 Å². The first-order chi connectivity index (χ1) is 13.8. The molecule has 0 aliphatic rings. The van der Waals surface area contributed by atoms with E-state index in [1.807, 2.05) is 0 Å². The second-order valence-electron chi connectivity index (χ2n) is 6.17. The van der Waals surface area contributed by atoms with Crippen LogP contribution < -0.4 is 4.90 Å². The van der Waals surface area contributed by atoms with E-state index in [2.05, 4.69) is 14.8 Å². The lowest BCUT2D eigenvalue weighted by Crippen LogP contribution is -2.48. The largest absolute Gasteiger partial charge is 0.525 e. The molecule has 2 heterocycles. The average molecular weight is 442 g/mol. The molecule has 6 nitrogen and oxygen atoms in total. The number of hydrogen-bond donors (Lipinski definition) is 0. The minimum absolute atomic E-state index is 0.0379. The number of rotatable bonds is 7. The minimum Gasteiger partial charge on any atom is -0.310 e. The quantitative estimate of drug-likeness (QED) is 0.594. The molecule has 1 atom stereocenters. The van der Waals surface area contributed by atoms with E-state index in [1.54, 1.807) is 12.1 Å². The van der Waals surface area contributed by atoms with E-state index in [9.17, 15) is 35.5 Å². The highest BCUT2D eigenvalue weighted by Gasteiger charge is 2.62. The lowest BCUT2D eigenvalue weighted by molar-refractivity contribution is -0.448. The van der Waals surface area contributed by atoms with Crippen molar-refractivity contribution in [2.75, 3.05) is 11.4 Å². The van der Waals surface area contributed by atoms with Gasteiger partial charge in [0.05, 0.1) is 29.5 Å². The zero-order valence-corrected chi connectivity index (χ0v) is 15.8. The highest BCUT2D eigenvalue weighted by molar-refractivity contribution is 5.93. The number of aromatic nitrogens is 3. The molecule has 0 radical (unpaired) electrons. The van der Waals surface area contributed by atoms with E-state index in [4.69, 9.17) is 0 Å². The number of ether oxygens (including phenoxy) is 1. The van der Waals surface area contributed by atoms with Crippen molar-refractivity contribution in [3.63, 3.8) is 0 Å². The van der Waals surface area contributed by atoms with Gasteiger partial charge in [0.25, 0.3) is 0 Å². The maximum absolute atomic E-state index is 14.0. The van der Waals surface area contributed by atoms with Gasteiger partial charge >= 0.3 is 18.4 Å². The van der Waals surface area contributed by atoms with Crippen LogP contribution in [0.15, 0.2) is 30.7 Å². The number of amides is 1. The zero-order chi connectivity index (χ0) is 22.7. The molecule has 0 N–H and O–H groups in total. The zero-order valence-electron chi connectivity index (χ0n) is 15.8. The molecule has 0 spiro atoms. The van der Waals surface area contributed by atoms with Gasteiger partial charge in [0.2, 0.25) is 5.91 Å². The van der Waals surface area contributed by atoms with Gasteiger partial charge in [0, 0.05) is 25.6 Å². The molecule has 1 amide bonds. The van der Waals surface area contributed by atoms with Crippen LogP contribution in [0.25, 0.3) is 5.69 Å². The van der Waals surface area contributed by atoms with E-state index in [1.165, 1.54) is 37.1 Å². The molecule has 2 aromatic rings. The van der Waals surface area contributed by atoms with Crippen LogP contribution in [0.4, 0.5) is 36.4 Å². The Bertz CT molecular complexity index is 867. The number of anilines is 1. The summed E-state index contributed by atoms with van der Waals surface area (Å²) in [6.45, 7) is 2.99. The number of nitrogens with zero attached hydrogens (tertiary/aromatic N) is 4. The molecule has 0 aliphatic heterocycles. The van der Waals surface area contributed by atoms with Crippen LogP contribution in [0, 0.1) is 6.92 Å². The summed E-state index contributed by atoms with van der Waals surface area (Å²) in [5, 5.41) is 4.18. The Morgan fingerprint density at radius 1 is 1.20 bits per heavy atom. The molecule has 0 saturated carbocycles. The maximum atomic E-state index is 14.0. The molecular weight excluding hydrogens is 425 g/mol. The van der Waals surface area contributed by atoms with Crippen molar-refractivity contribution < 1.29 is 40.3 Å². The maximum Gasteiger partial charge on any atom is 0.525 e. The molecule has 0 bridgehead atoms. The molecule has 30 heavy (non-hydrogen) atoms. The predicted octanol–water partition coefficient (Wildman–Crippen LogP) is 4.47. The van der Waals surface area contributed by atoms with Crippen LogP contribution in [-0.2, 0) is 9.53 Å². The summed E-state index contributed by atoms with van der Waals surface area (Å²) in [6, 6.07) is 3.30. The van der Waals surface area contributed by atoms with Gasteiger partial charge in [0.1, 0.15) is 0 Å². The van der Waals surface area contributed by atoms with Gasteiger partial charge in [-0.1, -0.05) is 0 Å². The number of pyridine rings is 1. The second-order valence-corrected chi connectivity index (χ2v) is 6.17. The third-order valence-electron chi connectivity index (χ3n) is 4.05. The van der Waals surface area contributed by atoms with Gasteiger partial charge in [-0.3, -0.25) is 9.78 Å². The van der Waals surface area contributed by atoms with Gasteiger partial charge in [-0.25, -0.2) is 13.8 Å². The monoisotopic (exact) mass is 442 g/mol. The molecule has 1 unspecified atom stereocenters. The highest BCUT2D eigenvalue weighted by Crippen LogP contribution is 2.43. The van der Waals surface area contributed by atoms with E-state index in [0.29, 0.717) is 11.4 Å². The number of hydrogen-bond acceptors (Lipinski definition) is 4. The third kappa shape index (κ3) is 5.46. The summed E-state index contributed by atoms with van der Waals surface area (Å²) in [5.74, 6) is -6.07. The normalized spacial score (nSPS) is 14.4. The summed E-state index contributed by atoms with van der Waals surface area (Å²) in [7, 11) is 0. The Labute approximate surface area is 166 Å². The summed E-state index contributed by atoms with van der Waals surface area (Å²) in [5.41, 5.74) is 1.07. The molecule has 2 rings (SSSR count). The van der Waals surface area contributed by atoms with E-state index in [-0.39, 0.29) is 12.2 Å². The average Bonchev–Trinajstić information content (AvgIpc) is 3.01. The highest BCUT2D eigenvalue weighted by atomic mass is 19.4. The predicted molar refractivity (Wildman–Crippen MR) is 90.4 cm³/mol. The first-order valence-electron chi connectivity index (χ1n) is 8.57. The van der Waals surface area contributed by atoms with Crippen molar-refractivity contribution in [1.29, 1.82) is 0 Å². The summed E-state index contributed by atoms with van der Waals surface area (Å²) < 4.78 is 93.1. The molecule has 13 heteroatoms. The number of halogens is 7. The Morgan fingerprint density at radius 2 is 1.87 bits per heavy atom. The molecule has 166 valence electrons. The van der Waals surface area contributed by atoms with Gasteiger partial charge in [-0.15, -0.1) is 13.2 Å². The first kappa shape index (κ1) is 23.6. The van der Waals surface area contributed by atoms with Crippen LogP contribution in [0.3, 0.4) is 0 Å². The molecule has 0 fully saturated rings. The number of carbonyl (C=O) groups excluding carboxylic acids is 1. The van der Waals surface area contributed by atoms with Crippen molar-refractivity contribution >= 4 is 11.6 Å². The second kappa shape index (κ2) is 8.58. The van der Waals surface area contributed by atoms with Crippen molar-refractivity contribution in [3.05, 3.63) is 36.4 Å². The lowest BCUT2D eigenvalue weighted by atomic mass is 10.1. The Kier molecular flexibility index (Phi) is 6.74. The molecule has 0 saturated heterocycles. The van der Waals surface area contributed by atoms with Gasteiger partial charge in [-0.05, 0) is 26.0 Å². The fourth-order valence-electron chi connectivity index (χ4n) is 2.66. The molecular formula is C17H17F7N4O2. The van der Waals surface area contributed by atoms with Crippen molar-refractivity contribution in [2.45, 2.75) is 45.1 Å². The Balaban J connectivity index is 2.21. The van der Waals surface area contributed by atoms with Crippen molar-refractivity contribution in [2.24, 2.45) is 0 Å². The fraction of sp³-hybridized carbons (Fsp3) is 0.471. The van der Waals surface area contributed by atoms with E-state index >= 15 is 0 Å². The summed E-state index contributed by atoms with van der Waals surface area (Å²) in [4.78, 5) is 17.3. The lowest BCUT2D eigenvalue weighted by Gasteiger charge is -2.29. The summed E-state index contributed by atoms with van der Waals surface area (Å²) in [6.07, 6.45) is -10.5. The Morgan fingerprint density at radius 3 is 2.37 bits per heavy atom. The SMILES string of the molecule is CCN(C(=O)CCC(F)(OC(F)(F)F)C(F)(F)F)c1cn(-c2cccnc2)nc1C. The number of aryl methyl sites for hydroxylation is 1. The van der Waals surface area contributed by atoms with Gasteiger partial charge in [0.15, 0.2) is 0 Å². The van der Waals surface area contributed by atoms with Gasteiger partial charge < -0.3 is 4.90 Å². The van der Waals surface area contributed by atoms with Crippen molar-refractivity contribution in [3.8, 4) is 5.69 Å². The van der Waals surface area contributed by atoms with E-state index < -0.39 is 37.1 Å². The van der Waals surface area contributed by atoms with Crippen LogP contribution in [0.1, 0.15) is 25.5 Å². The molecule has 0 aromatic carbocycles. The van der Waals surface area contributed by atoms with Crippen LogP contribution >= 0.6 is 0 Å². The Hall–Kier alpha value is -2.70. The topological polar surface area (TPSA) is 60.2 Å². The molecule has 2 aromatic heterocycles. The molecule has 0 aliphatic carbocycles.